The fourth-order valence-electron chi connectivity index (χ4n) is 3.70. The Bertz CT molecular complexity index is 968. The van der Waals surface area contributed by atoms with Gasteiger partial charge in [0.15, 0.2) is 6.29 Å². The van der Waals surface area contributed by atoms with Crippen LogP contribution in [0.4, 0.5) is 0 Å². The maximum absolute atomic E-state index is 11.4. The Balaban J connectivity index is 1.45. The van der Waals surface area contributed by atoms with Gasteiger partial charge in [-0.15, -0.1) is 0 Å². The van der Waals surface area contributed by atoms with E-state index in [9.17, 15) is 30.3 Å². The summed E-state index contributed by atoms with van der Waals surface area (Å²) in [5, 5.41) is 50.6. The Hall–Kier alpha value is -2.05. The van der Waals surface area contributed by atoms with E-state index in [1.165, 1.54) is 13.0 Å². The van der Waals surface area contributed by atoms with Crippen LogP contribution in [0.25, 0.3) is 11.0 Å². The van der Waals surface area contributed by atoms with Crippen molar-refractivity contribution in [2.75, 3.05) is 13.2 Å². The van der Waals surface area contributed by atoms with Gasteiger partial charge in [0.05, 0.1) is 13.2 Å². The summed E-state index contributed by atoms with van der Waals surface area (Å²) >= 11 is 0. The topological polar surface area (TPSA) is 159 Å². The average molecular weight is 424 g/mol. The molecule has 10 nitrogen and oxygen atoms in total. The van der Waals surface area contributed by atoms with Crippen molar-refractivity contribution < 1.29 is 44.2 Å². The molecule has 2 aliphatic heterocycles. The summed E-state index contributed by atoms with van der Waals surface area (Å²) < 4.78 is 21.8. The first-order valence-corrected chi connectivity index (χ1v) is 9.57. The number of ether oxygens (including phenoxy) is 3. The predicted octanol–water partition coefficient (Wildman–Crippen LogP) is -1.34. The summed E-state index contributed by atoms with van der Waals surface area (Å²) in [7, 11) is 0. The van der Waals surface area contributed by atoms with Crippen LogP contribution in [-0.4, -0.2) is 81.2 Å². The van der Waals surface area contributed by atoms with Crippen molar-refractivity contribution in [3.8, 4) is 5.75 Å². The monoisotopic (exact) mass is 424 g/mol. The van der Waals surface area contributed by atoms with Crippen molar-refractivity contribution >= 4 is 11.0 Å². The largest absolute Gasteiger partial charge is 0.487 e. The molecule has 1 aromatic carbocycles. The third-order valence-corrected chi connectivity index (χ3v) is 5.56. The van der Waals surface area contributed by atoms with Gasteiger partial charge < -0.3 is 44.2 Å². The van der Waals surface area contributed by atoms with E-state index in [2.05, 4.69) is 0 Å². The lowest BCUT2D eigenvalue weighted by Crippen LogP contribution is -2.60. The van der Waals surface area contributed by atoms with Crippen LogP contribution in [0.3, 0.4) is 0 Å². The molecule has 0 saturated carbocycles. The van der Waals surface area contributed by atoms with Crippen molar-refractivity contribution in [3.63, 3.8) is 0 Å². The van der Waals surface area contributed by atoms with Crippen LogP contribution in [0.1, 0.15) is 12.5 Å². The van der Waals surface area contributed by atoms with Crippen LogP contribution in [-0.2, 0) is 15.9 Å². The zero-order valence-corrected chi connectivity index (χ0v) is 16.2. The van der Waals surface area contributed by atoms with Crippen molar-refractivity contribution in [1.82, 2.24) is 0 Å². The van der Waals surface area contributed by atoms with Crippen molar-refractivity contribution in [2.24, 2.45) is 0 Å². The third-order valence-electron chi connectivity index (χ3n) is 5.56. The number of fused-ring (bicyclic) bond motifs is 2. The third kappa shape index (κ3) is 3.83. The summed E-state index contributed by atoms with van der Waals surface area (Å²) in [5.41, 5.74) is -0.782. The molecular weight excluding hydrogens is 400 g/mol. The molecule has 1 aromatic heterocycles. The minimum Gasteiger partial charge on any atom is -0.487 e. The van der Waals surface area contributed by atoms with Crippen LogP contribution in [0, 0.1) is 0 Å². The first-order chi connectivity index (χ1) is 14.2. The summed E-state index contributed by atoms with van der Waals surface area (Å²) in [5.74, 6) is 0.481. The second-order valence-electron chi connectivity index (χ2n) is 7.93. The standard InChI is InChI=1S/C20H24O10/c1-20(26,8-27-19-18(25)17(24)16(23)13(7-21)30-19)14-5-10-4-9-2-3-15(22)29-11(9)6-12(10)28-14/h2-4,6,13-14,16-19,21,23-26H,5,7-8H2,1H3/t13-,14-,16-,17+,18-,19-,20+/m1/s1. The lowest BCUT2D eigenvalue weighted by Gasteiger charge is -2.40. The van der Waals surface area contributed by atoms with Gasteiger partial charge in [0.25, 0.3) is 0 Å². The molecule has 1 fully saturated rings. The molecule has 3 heterocycles. The maximum atomic E-state index is 11.4. The zero-order valence-electron chi connectivity index (χ0n) is 16.2. The molecule has 0 aliphatic carbocycles. The Morgan fingerprint density at radius 3 is 2.67 bits per heavy atom. The molecule has 2 aliphatic rings. The molecule has 10 heteroatoms. The number of rotatable bonds is 5. The Morgan fingerprint density at radius 1 is 1.17 bits per heavy atom. The van der Waals surface area contributed by atoms with Gasteiger partial charge in [0, 0.05) is 23.9 Å². The fraction of sp³-hybridized carbons (Fsp3) is 0.550. The molecular formula is C20H24O10. The summed E-state index contributed by atoms with van der Waals surface area (Å²) in [6, 6.07) is 6.39. The van der Waals surface area contributed by atoms with E-state index >= 15 is 0 Å². The first kappa shape index (κ1) is 21.2. The Morgan fingerprint density at radius 2 is 1.93 bits per heavy atom. The molecule has 2 aromatic rings. The first-order valence-electron chi connectivity index (χ1n) is 9.57. The van der Waals surface area contributed by atoms with Gasteiger partial charge in [-0.3, -0.25) is 0 Å². The van der Waals surface area contributed by atoms with E-state index < -0.39 is 54.6 Å². The molecule has 5 N–H and O–H groups in total. The SMILES string of the molecule is C[C@](O)(CO[C@@H]1O[C@H](CO)[C@@H](O)[C@H](O)[C@H]1O)[C@H]1Cc2cc3ccc(=O)oc3cc2O1. The van der Waals surface area contributed by atoms with Gasteiger partial charge in [0.1, 0.15) is 47.5 Å². The highest BCUT2D eigenvalue weighted by Gasteiger charge is 2.46. The van der Waals surface area contributed by atoms with Gasteiger partial charge >= 0.3 is 5.63 Å². The number of hydrogen-bond acceptors (Lipinski definition) is 10. The van der Waals surface area contributed by atoms with E-state index in [-0.39, 0.29) is 6.61 Å². The van der Waals surface area contributed by atoms with Crippen LogP contribution in [0.15, 0.2) is 33.5 Å². The second-order valence-corrected chi connectivity index (χ2v) is 7.93. The average Bonchev–Trinajstić information content (AvgIpc) is 3.13. The molecule has 1 saturated heterocycles. The minimum atomic E-state index is -1.57. The van der Waals surface area contributed by atoms with Gasteiger partial charge in [-0.2, -0.15) is 0 Å². The van der Waals surface area contributed by atoms with Gasteiger partial charge in [-0.25, -0.2) is 4.79 Å². The normalized spacial score (nSPS) is 33.1. The molecule has 4 rings (SSSR count). The predicted molar refractivity (Wildman–Crippen MR) is 101 cm³/mol. The highest BCUT2D eigenvalue weighted by atomic mass is 16.7. The van der Waals surface area contributed by atoms with Crippen molar-refractivity contribution in [3.05, 3.63) is 40.2 Å². The molecule has 7 atom stereocenters. The van der Waals surface area contributed by atoms with E-state index in [1.807, 2.05) is 6.07 Å². The molecule has 0 radical (unpaired) electrons. The van der Waals surface area contributed by atoms with E-state index in [4.69, 9.17) is 18.6 Å². The van der Waals surface area contributed by atoms with Gasteiger partial charge in [0.2, 0.25) is 0 Å². The highest BCUT2D eigenvalue weighted by molar-refractivity contribution is 5.79. The van der Waals surface area contributed by atoms with Crippen LogP contribution in [0.5, 0.6) is 5.75 Å². The Labute approximate surface area is 170 Å². The van der Waals surface area contributed by atoms with Gasteiger partial charge in [-0.1, -0.05) is 0 Å². The van der Waals surface area contributed by atoms with Gasteiger partial charge in [-0.05, 0) is 24.6 Å². The molecule has 0 unspecified atom stereocenters. The molecule has 30 heavy (non-hydrogen) atoms. The maximum Gasteiger partial charge on any atom is 0.336 e. The molecule has 0 spiro atoms. The summed E-state index contributed by atoms with van der Waals surface area (Å²) in [4.78, 5) is 11.4. The van der Waals surface area contributed by atoms with E-state index in [0.717, 1.165) is 10.9 Å². The number of hydrogen-bond donors (Lipinski definition) is 5. The highest BCUT2D eigenvalue weighted by Crippen LogP contribution is 2.36. The van der Waals surface area contributed by atoms with E-state index in [1.54, 1.807) is 12.1 Å². The lowest BCUT2D eigenvalue weighted by molar-refractivity contribution is -0.310. The second kappa shape index (κ2) is 7.89. The van der Waals surface area contributed by atoms with Crippen LogP contribution in [0.2, 0.25) is 0 Å². The zero-order chi connectivity index (χ0) is 21.6. The van der Waals surface area contributed by atoms with Crippen LogP contribution >= 0.6 is 0 Å². The molecule has 0 bridgehead atoms. The minimum absolute atomic E-state index is 0.317. The summed E-state index contributed by atoms with van der Waals surface area (Å²) in [6.45, 7) is 0.599. The lowest BCUT2D eigenvalue weighted by atomic mass is 9.95. The van der Waals surface area contributed by atoms with Crippen LogP contribution < -0.4 is 10.4 Å². The fourth-order valence-corrected chi connectivity index (χ4v) is 3.70. The number of aliphatic hydroxyl groups excluding tert-OH is 4. The van der Waals surface area contributed by atoms with E-state index in [0.29, 0.717) is 17.8 Å². The molecule has 0 amide bonds. The van der Waals surface area contributed by atoms with Crippen molar-refractivity contribution in [2.45, 2.75) is 55.8 Å². The summed E-state index contributed by atoms with van der Waals surface area (Å²) in [6.07, 6.45) is -7.41. The van der Waals surface area contributed by atoms with Crippen molar-refractivity contribution in [1.29, 1.82) is 0 Å². The molecule has 164 valence electrons. The quantitative estimate of drug-likeness (QED) is 0.364. The Kier molecular flexibility index (Phi) is 5.58. The number of benzene rings is 1. The number of aliphatic hydroxyl groups is 5. The smallest absolute Gasteiger partial charge is 0.336 e.